The third kappa shape index (κ3) is 4.21. The molecule has 0 radical (unpaired) electrons. The van der Waals surface area contributed by atoms with Crippen LogP contribution in [0.25, 0.3) is 0 Å². The van der Waals surface area contributed by atoms with Crippen LogP contribution in [-0.2, 0) is 11.3 Å². The Morgan fingerprint density at radius 1 is 1.53 bits per heavy atom. The first-order chi connectivity index (χ1) is 9.10. The van der Waals surface area contributed by atoms with Gasteiger partial charge in [0, 0.05) is 17.1 Å². The summed E-state index contributed by atoms with van der Waals surface area (Å²) in [5, 5.41) is 6.04. The van der Waals surface area contributed by atoms with Crippen molar-refractivity contribution in [2.24, 2.45) is 0 Å². The molecule has 0 aliphatic heterocycles. The molecule has 0 saturated heterocycles. The minimum absolute atomic E-state index is 0.0411. The lowest BCUT2D eigenvalue weighted by Gasteiger charge is -2.15. The van der Waals surface area contributed by atoms with Gasteiger partial charge in [-0.2, -0.15) is 0 Å². The van der Waals surface area contributed by atoms with Crippen molar-refractivity contribution in [2.45, 2.75) is 38.5 Å². The van der Waals surface area contributed by atoms with Crippen molar-refractivity contribution < 1.29 is 9.53 Å². The number of amides is 1. The van der Waals surface area contributed by atoms with Gasteiger partial charge in [0.2, 0.25) is 0 Å². The Kier molecular flexibility index (Phi) is 4.82. The molecule has 0 aromatic heterocycles. The van der Waals surface area contributed by atoms with Gasteiger partial charge >= 0.3 is 0 Å². The van der Waals surface area contributed by atoms with E-state index in [2.05, 4.69) is 26.6 Å². The Morgan fingerprint density at radius 3 is 2.89 bits per heavy atom. The van der Waals surface area contributed by atoms with Gasteiger partial charge < -0.3 is 15.4 Å². The van der Waals surface area contributed by atoms with E-state index in [1.165, 1.54) is 0 Å². The maximum absolute atomic E-state index is 11.8. The third-order valence-electron chi connectivity index (χ3n) is 2.99. The third-order valence-corrected chi connectivity index (χ3v) is 3.76. The number of ether oxygens (including phenoxy) is 1. The predicted molar refractivity (Wildman–Crippen MR) is 78.2 cm³/mol. The highest BCUT2D eigenvalue weighted by atomic mass is 79.9. The fourth-order valence-electron chi connectivity index (χ4n) is 1.75. The van der Waals surface area contributed by atoms with E-state index >= 15 is 0 Å². The average Bonchev–Trinajstić information content (AvgIpc) is 3.17. The molecule has 0 heterocycles. The first kappa shape index (κ1) is 14.3. The van der Waals surface area contributed by atoms with Crippen LogP contribution in [0, 0.1) is 0 Å². The van der Waals surface area contributed by atoms with Crippen LogP contribution < -0.4 is 15.4 Å². The van der Waals surface area contributed by atoms with Crippen LogP contribution in [0.3, 0.4) is 0 Å². The second kappa shape index (κ2) is 6.39. The van der Waals surface area contributed by atoms with Crippen molar-refractivity contribution in [3.63, 3.8) is 0 Å². The summed E-state index contributed by atoms with van der Waals surface area (Å²) in [5.41, 5.74) is 1.11. The average molecular weight is 327 g/mol. The lowest BCUT2D eigenvalue weighted by Crippen LogP contribution is -2.37. The minimum atomic E-state index is -0.468. The molecule has 1 unspecified atom stereocenters. The molecular formula is C14H19BrN2O2. The van der Waals surface area contributed by atoms with E-state index in [0.29, 0.717) is 11.8 Å². The monoisotopic (exact) mass is 326 g/mol. The Balaban J connectivity index is 1.97. The molecule has 0 spiro atoms. The van der Waals surface area contributed by atoms with Crippen molar-refractivity contribution in [3.8, 4) is 5.75 Å². The Morgan fingerprint density at radius 2 is 2.26 bits per heavy atom. The number of halogens is 1. The molecule has 1 saturated carbocycles. The van der Waals surface area contributed by atoms with E-state index in [9.17, 15) is 4.79 Å². The number of hydrogen-bond acceptors (Lipinski definition) is 3. The molecule has 1 atom stereocenters. The maximum Gasteiger partial charge on any atom is 0.260 e. The van der Waals surface area contributed by atoms with Gasteiger partial charge in [0.1, 0.15) is 5.75 Å². The van der Waals surface area contributed by atoms with Crippen LogP contribution in [0.2, 0.25) is 0 Å². The van der Waals surface area contributed by atoms with E-state index in [-0.39, 0.29) is 5.91 Å². The molecule has 1 amide bonds. The number of carbonyl (C=O) groups is 1. The van der Waals surface area contributed by atoms with E-state index in [1.54, 1.807) is 6.92 Å². The predicted octanol–water partition coefficient (Wildman–Crippen LogP) is 2.21. The summed E-state index contributed by atoms with van der Waals surface area (Å²) in [4.78, 5) is 11.8. The lowest BCUT2D eigenvalue weighted by molar-refractivity contribution is -0.127. The van der Waals surface area contributed by atoms with Crippen molar-refractivity contribution in [3.05, 3.63) is 28.2 Å². The van der Waals surface area contributed by atoms with Crippen LogP contribution >= 0.6 is 15.9 Å². The maximum atomic E-state index is 11.8. The second-order valence-electron chi connectivity index (χ2n) is 4.83. The molecule has 19 heavy (non-hydrogen) atoms. The van der Waals surface area contributed by atoms with Crippen LogP contribution in [0.1, 0.15) is 25.3 Å². The molecule has 2 rings (SSSR count). The van der Waals surface area contributed by atoms with Crippen molar-refractivity contribution in [1.82, 2.24) is 10.6 Å². The van der Waals surface area contributed by atoms with Gasteiger partial charge in [-0.15, -0.1) is 0 Å². The van der Waals surface area contributed by atoms with Crippen molar-refractivity contribution in [1.29, 1.82) is 0 Å². The summed E-state index contributed by atoms with van der Waals surface area (Å²) in [6, 6.07) is 6.11. The van der Waals surface area contributed by atoms with Crippen LogP contribution in [0.5, 0.6) is 5.75 Å². The highest BCUT2D eigenvalue weighted by Gasteiger charge is 2.26. The number of carbonyl (C=O) groups excluding carboxylic acids is 1. The molecule has 1 aromatic carbocycles. The number of rotatable bonds is 6. The minimum Gasteiger partial charge on any atom is -0.481 e. The first-order valence-corrected chi connectivity index (χ1v) is 7.29. The van der Waals surface area contributed by atoms with E-state index < -0.39 is 6.10 Å². The van der Waals surface area contributed by atoms with Crippen molar-refractivity contribution in [2.75, 3.05) is 7.05 Å². The lowest BCUT2D eigenvalue weighted by atomic mass is 10.2. The normalized spacial score (nSPS) is 15.9. The highest BCUT2D eigenvalue weighted by molar-refractivity contribution is 9.10. The Bertz CT molecular complexity index is 461. The smallest absolute Gasteiger partial charge is 0.260 e. The Labute approximate surface area is 122 Å². The molecule has 4 nitrogen and oxygen atoms in total. The van der Waals surface area contributed by atoms with Crippen LogP contribution in [-0.4, -0.2) is 25.1 Å². The van der Waals surface area contributed by atoms with Crippen LogP contribution in [0.15, 0.2) is 22.7 Å². The largest absolute Gasteiger partial charge is 0.481 e. The topological polar surface area (TPSA) is 50.4 Å². The van der Waals surface area contributed by atoms with Gasteiger partial charge in [0.05, 0.1) is 0 Å². The SMILES string of the molecule is CNCc1cc(OC(C)C(=O)NC2CC2)ccc1Br. The molecular weight excluding hydrogens is 308 g/mol. The summed E-state index contributed by atoms with van der Waals surface area (Å²) in [6.45, 7) is 2.53. The number of hydrogen-bond donors (Lipinski definition) is 2. The summed E-state index contributed by atoms with van der Waals surface area (Å²) in [7, 11) is 1.89. The van der Waals surface area contributed by atoms with E-state index in [0.717, 1.165) is 29.4 Å². The zero-order valence-electron chi connectivity index (χ0n) is 11.2. The molecule has 1 aliphatic rings. The van der Waals surface area contributed by atoms with E-state index in [4.69, 9.17) is 4.74 Å². The molecule has 1 aliphatic carbocycles. The fourth-order valence-corrected chi connectivity index (χ4v) is 2.14. The fraction of sp³-hybridized carbons (Fsp3) is 0.500. The summed E-state index contributed by atoms with van der Waals surface area (Å²) >= 11 is 3.49. The highest BCUT2D eigenvalue weighted by Crippen LogP contribution is 2.24. The molecule has 2 N–H and O–H groups in total. The number of nitrogens with one attached hydrogen (secondary N) is 2. The molecule has 104 valence electrons. The zero-order valence-corrected chi connectivity index (χ0v) is 12.8. The van der Waals surface area contributed by atoms with Gasteiger partial charge in [-0.1, -0.05) is 15.9 Å². The molecule has 1 aromatic rings. The van der Waals surface area contributed by atoms with Gasteiger partial charge in [0.25, 0.3) is 5.91 Å². The summed E-state index contributed by atoms with van der Waals surface area (Å²) in [6.07, 6.45) is 1.70. The first-order valence-electron chi connectivity index (χ1n) is 6.50. The quantitative estimate of drug-likeness (QED) is 0.842. The molecule has 0 bridgehead atoms. The summed E-state index contributed by atoms with van der Waals surface area (Å²) in [5.74, 6) is 0.674. The standard InChI is InChI=1S/C14H19BrN2O2/c1-9(14(18)17-11-3-4-11)19-12-5-6-13(15)10(7-12)8-16-2/h5-7,9,11,16H,3-4,8H2,1-2H3,(H,17,18). The second-order valence-corrected chi connectivity index (χ2v) is 5.68. The van der Waals surface area contributed by atoms with Gasteiger partial charge in [-0.3, -0.25) is 4.79 Å². The van der Waals surface area contributed by atoms with E-state index in [1.807, 2.05) is 25.2 Å². The zero-order chi connectivity index (χ0) is 13.8. The molecule has 1 fully saturated rings. The van der Waals surface area contributed by atoms with Crippen LogP contribution in [0.4, 0.5) is 0 Å². The number of benzene rings is 1. The molecule has 5 heteroatoms. The summed E-state index contributed by atoms with van der Waals surface area (Å²) < 4.78 is 6.72. The van der Waals surface area contributed by atoms with Gasteiger partial charge in [-0.25, -0.2) is 0 Å². The van der Waals surface area contributed by atoms with Crippen molar-refractivity contribution >= 4 is 21.8 Å². The van der Waals surface area contributed by atoms with Gasteiger partial charge in [-0.05, 0) is 50.6 Å². The van der Waals surface area contributed by atoms with Gasteiger partial charge in [0.15, 0.2) is 6.10 Å². The Hall–Kier alpha value is -1.07.